The molecule has 2 nitrogen and oxygen atoms in total. The van der Waals surface area contributed by atoms with Gasteiger partial charge in [-0.15, -0.1) is 0 Å². The van der Waals surface area contributed by atoms with E-state index in [1.165, 1.54) is 5.57 Å². The SMILES string of the molecule is CCC1C(C)C(N)=C(CC(C)=O)C1C. The van der Waals surface area contributed by atoms with Crippen LogP contribution >= 0.6 is 0 Å². The van der Waals surface area contributed by atoms with Gasteiger partial charge in [-0.05, 0) is 30.3 Å². The van der Waals surface area contributed by atoms with Crippen LogP contribution in [0, 0.1) is 17.8 Å². The number of rotatable bonds is 3. The van der Waals surface area contributed by atoms with Gasteiger partial charge in [0, 0.05) is 12.1 Å². The maximum Gasteiger partial charge on any atom is 0.133 e. The van der Waals surface area contributed by atoms with E-state index < -0.39 is 0 Å². The smallest absolute Gasteiger partial charge is 0.133 e. The van der Waals surface area contributed by atoms with E-state index in [0.717, 1.165) is 12.1 Å². The molecule has 14 heavy (non-hydrogen) atoms. The maximum atomic E-state index is 11.1. The number of hydrogen-bond acceptors (Lipinski definition) is 2. The third-order valence-electron chi connectivity index (χ3n) is 3.61. The van der Waals surface area contributed by atoms with Crippen LogP contribution in [0.25, 0.3) is 0 Å². The van der Waals surface area contributed by atoms with Crippen LogP contribution in [0.3, 0.4) is 0 Å². The van der Waals surface area contributed by atoms with Crippen molar-refractivity contribution in [2.75, 3.05) is 0 Å². The van der Waals surface area contributed by atoms with Crippen LogP contribution in [0.4, 0.5) is 0 Å². The Kier molecular flexibility index (Phi) is 3.35. The number of ketones is 1. The number of carbonyl (C=O) groups is 1. The quantitative estimate of drug-likeness (QED) is 0.751. The molecule has 0 heterocycles. The van der Waals surface area contributed by atoms with Crippen molar-refractivity contribution in [3.63, 3.8) is 0 Å². The van der Waals surface area contributed by atoms with Gasteiger partial charge in [0.25, 0.3) is 0 Å². The van der Waals surface area contributed by atoms with E-state index in [1.54, 1.807) is 6.92 Å². The summed E-state index contributed by atoms with van der Waals surface area (Å²) in [6.07, 6.45) is 1.69. The van der Waals surface area contributed by atoms with Gasteiger partial charge in [0.15, 0.2) is 0 Å². The Morgan fingerprint density at radius 2 is 1.93 bits per heavy atom. The molecule has 0 aromatic carbocycles. The summed E-state index contributed by atoms with van der Waals surface area (Å²) in [6.45, 7) is 8.20. The second-order valence-corrected chi connectivity index (χ2v) is 4.51. The molecule has 0 saturated carbocycles. The Balaban J connectivity index is 2.87. The molecule has 2 N–H and O–H groups in total. The fourth-order valence-corrected chi connectivity index (χ4v) is 2.72. The van der Waals surface area contributed by atoms with E-state index in [9.17, 15) is 4.79 Å². The van der Waals surface area contributed by atoms with Gasteiger partial charge < -0.3 is 5.73 Å². The predicted octanol–water partition coefficient (Wildman–Crippen LogP) is 2.49. The third-order valence-corrected chi connectivity index (χ3v) is 3.61. The second kappa shape index (κ2) is 4.16. The zero-order valence-corrected chi connectivity index (χ0v) is 9.63. The molecule has 0 spiro atoms. The van der Waals surface area contributed by atoms with E-state index in [4.69, 9.17) is 5.73 Å². The van der Waals surface area contributed by atoms with Crippen molar-refractivity contribution in [1.82, 2.24) is 0 Å². The maximum absolute atomic E-state index is 11.1. The molecule has 0 aromatic rings. The first kappa shape index (κ1) is 11.3. The number of nitrogens with two attached hydrogens (primary N) is 1. The minimum absolute atomic E-state index is 0.221. The highest BCUT2D eigenvalue weighted by Crippen LogP contribution is 2.42. The van der Waals surface area contributed by atoms with E-state index in [-0.39, 0.29) is 5.78 Å². The summed E-state index contributed by atoms with van der Waals surface area (Å²) in [6, 6.07) is 0. The summed E-state index contributed by atoms with van der Waals surface area (Å²) in [5.41, 5.74) is 8.22. The summed E-state index contributed by atoms with van der Waals surface area (Å²) in [5.74, 6) is 1.78. The first-order valence-electron chi connectivity index (χ1n) is 5.46. The van der Waals surface area contributed by atoms with Crippen molar-refractivity contribution in [3.05, 3.63) is 11.3 Å². The van der Waals surface area contributed by atoms with Gasteiger partial charge >= 0.3 is 0 Å². The van der Waals surface area contributed by atoms with E-state index in [2.05, 4.69) is 20.8 Å². The molecule has 3 atom stereocenters. The number of hydrogen-bond donors (Lipinski definition) is 1. The zero-order valence-electron chi connectivity index (χ0n) is 9.63. The molecule has 80 valence electrons. The van der Waals surface area contributed by atoms with Crippen LogP contribution in [-0.2, 0) is 4.79 Å². The van der Waals surface area contributed by atoms with Crippen molar-refractivity contribution >= 4 is 5.78 Å². The third kappa shape index (κ3) is 1.84. The second-order valence-electron chi connectivity index (χ2n) is 4.51. The number of Topliss-reactive ketones (excluding diaryl/α,β-unsaturated/α-hetero) is 1. The Bertz CT molecular complexity index is 267. The van der Waals surface area contributed by atoms with Gasteiger partial charge in [0.2, 0.25) is 0 Å². The van der Waals surface area contributed by atoms with Gasteiger partial charge in [-0.3, -0.25) is 4.79 Å². The van der Waals surface area contributed by atoms with Gasteiger partial charge in [-0.2, -0.15) is 0 Å². The summed E-state index contributed by atoms with van der Waals surface area (Å²) in [5, 5.41) is 0. The van der Waals surface area contributed by atoms with Gasteiger partial charge in [-0.1, -0.05) is 27.2 Å². The van der Waals surface area contributed by atoms with E-state index >= 15 is 0 Å². The summed E-state index contributed by atoms with van der Waals surface area (Å²) < 4.78 is 0. The van der Waals surface area contributed by atoms with Crippen molar-refractivity contribution < 1.29 is 4.79 Å². The lowest BCUT2D eigenvalue weighted by Crippen LogP contribution is -2.14. The first-order valence-corrected chi connectivity index (χ1v) is 5.46. The lowest BCUT2D eigenvalue weighted by molar-refractivity contribution is -0.116. The molecule has 1 aliphatic rings. The molecule has 0 radical (unpaired) electrons. The highest BCUT2D eigenvalue weighted by Gasteiger charge is 2.35. The normalized spacial score (nSPS) is 32.4. The molecular formula is C12H21NO. The molecule has 2 heteroatoms. The first-order chi connectivity index (χ1) is 6.49. The Hall–Kier alpha value is -0.790. The Morgan fingerprint density at radius 3 is 2.29 bits per heavy atom. The lowest BCUT2D eigenvalue weighted by atomic mass is 9.85. The van der Waals surface area contributed by atoms with Gasteiger partial charge in [0.1, 0.15) is 5.78 Å². The highest BCUT2D eigenvalue weighted by atomic mass is 16.1. The summed E-state index contributed by atoms with van der Waals surface area (Å²) in [4.78, 5) is 11.1. The topological polar surface area (TPSA) is 43.1 Å². The molecule has 0 aliphatic heterocycles. The molecule has 0 fully saturated rings. The number of carbonyl (C=O) groups excluding carboxylic acids is 1. The molecule has 0 saturated heterocycles. The van der Waals surface area contributed by atoms with Crippen molar-refractivity contribution in [2.24, 2.45) is 23.5 Å². The van der Waals surface area contributed by atoms with Crippen LogP contribution in [0.1, 0.15) is 40.5 Å². The summed E-state index contributed by atoms with van der Waals surface area (Å²) in [7, 11) is 0. The molecule has 3 unspecified atom stereocenters. The highest BCUT2D eigenvalue weighted by molar-refractivity contribution is 5.78. The van der Waals surface area contributed by atoms with Crippen molar-refractivity contribution in [3.8, 4) is 0 Å². The Morgan fingerprint density at radius 1 is 1.36 bits per heavy atom. The van der Waals surface area contributed by atoms with Crippen LogP contribution in [0.15, 0.2) is 11.3 Å². The average molecular weight is 195 g/mol. The Labute approximate surface area is 86.6 Å². The van der Waals surface area contributed by atoms with Crippen LogP contribution in [0.5, 0.6) is 0 Å². The van der Waals surface area contributed by atoms with Crippen LogP contribution in [-0.4, -0.2) is 5.78 Å². The fraction of sp³-hybridized carbons (Fsp3) is 0.750. The van der Waals surface area contributed by atoms with E-state index in [1.807, 2.05) is 0 Å². The van der Waals surface area contributed by atoms with Crippen LogP contribution in [0.2, 0.25) is 0 Å². The number of allylic oxidation sites excluding steroid dienone is 2. The summed E-state index contributed by atoms with van der Waals surface area (Å²) >= 11 is 0. The molecular weight excluding hydrogens is 174 g/mol. The van der Waals surface area contributed by atoms with E-state index in [0.29, 0.717) is 24.2 Å². The van der Waals surface area contributed by atoms with Gasteiger partial charge in [0.05, 0.1) is 0 Å². The minimum Gasteiger partial charge on any atom is -0.402 e. The van der Waals surface area contributed by atoms with Gasteiger partial charge in [-0.25, -0.2) is 0 Å². The molecule has 0 amide bonds. The van der Waals surface area contributed by atoms with Crippen LogP contribution < -0.4 is 5.73 Å². The molecule has 0 bridgehead atoms. The predicted molar refractivity (Wildman–Crippen MR) is 58.6 cm³/mol. The zero-order chi connectivity index (χ0) is 10.9. The molecule has 0 aromatic heterocycles. The minimum atomic E-state index is 0.221. The lowest BCUT2D eigenvalue weighted by Gasteiger charge is -2.19. The fourth-order valence-electron chi connectivity index (χ4n) is 2.72. The van der Waals surface area contributed by atoms with Crippen molar-refractivity contribution in [1.29, 1.82) is 0 Å². The monoisotopic (exact) mass is 195 g/mol. The van der Waals surface area contributed by atoms with Crippen molar-refractivity contribution in [2.45, 2.75) is 40.5 Å². The largest absolute Gasteiger partial charge is 0.402 e. The average Bonchev–Trinajstić information content (AvgIpc) is 2.30. The molecule has 1 aliphatic carbocycles. The molecule has 1 rings (SSSR count). The standard InChI is InChI=1S/C12H21NO/c1-5-10-8(3)11(6-7(2)14)12(13)9(10)4/h8-10H,5-6,13H2,1-4H3.